The van der Waals surface area contributed by atoms with Gasteiger partial charge in [-0.15, -0.1) is 0 Å². The fraction of sp³-hybridized carbons (Fsp3) is 0.176. The van der Waals surface area contributed by atoms with E-state index in [1.165, 1.54) is 25.1 Å². The van der Waals surface area contributed by atoms with Gasteiger partial charge in [0.2, 0.25) is 11.8 Å². The molecular formula is C17H16F2N2O2. The Morgan fingerprint density at radius 2 is 1.91 bits per heavy atom. The average Bonchev–Trinajstić information content (AvgIpc) is 2.49. The van der Waals surface area contributed by atoms with Crippen molar-refractivity contribution in [3.63, 3.8) is 0 Å². The third-order valence-corrected chi connectivity index (χ3v) is 3.43. The number of nitrogens with one attached hydrogen (secondary N) is 1. The van der Waals surface area contributed by atoms with Crippen molar-refractivity contribution in [1.82, 2.24) is 0 Å². The van der Waals surface area contributed by atoms with Gasteiger partial charge in [-0.1, -0.05) is 12.1 Å². The van der Waals surface area contributed by atoms with Crippen molar-refractivity contribution in [2.24, 2.45) is 5.73 Å². The van der Waals surface area contributed by atoms with E-state index >= 15 is 0 Å². The fourth-order valence-corrected chi connectivity index (χ4v) is 2.11. The number of amides is 2. The largest absolute Gasteiger partial charge is 0.366 e. The summed E-state index contributed by atoms with van der Waals surface area (Å²) in [6, 6.07) is 8.32. The Morgan fingerprint density at radius 3 is 2.57 bits per heavy atom. The van der Waals surface area contributed by atoms with Crippen LogP contribution in [0.5, 0.6) is 0 Å². The SMILES string of the molecule is Cc1c(F)cc(C(N)=O)cc1NC(=O)CCc1cccc(F)c1. The lowest BCUT2D eigenvalue weighted by molar-refractivity contribution is -0.116. The minimum atomic E-state index is -0.779. The quantitative estimate of drug-likeness (QED) is 0.889. The molecule has 23 heavy (non-hydrogen) atoms. The third-order valence-electron chi connectivity index (χ3n) is 3.43. The molecular weight excluding hydrogens is 302 g/mol. The molecule has 2 aromatic carbocycles. The number of rotatable bonds is 5. The van der Waals surface area contributed by atoms with Gasteiger partial charge in [-0.25, -0.2) is 8.78 Å². The highest BCUT2D eigenvalue weighted by atomic mass is 19.1. The highest BCUT2D eigenvalue weighted by Gasteiger charge is 2.12. The van der Waals surface area contributed by atoms with Crippen LogP contribution in [0.15, 0.2) is 36.4 Å². The summed E-state index contributed by atoms with van der Waals surface area (Å²) in [5, 5.41) is 2.55. The highest BCUT2D eigenvalue weighted by molar-refractivity contribution is 5.97. The first-order valence-corrected chi connectivity index (χ1v) is 7.01. The standard InChI is InChI=1S/C17H16F2N2O2/c1-10-14(19)8-12(17(20)23)9-15(10)21-16(22)6-5-11-3-2-4-13(18)7-11/h2-4,7-9H,5-6H2,1H3,(H2,20,23)(H,21,22). The Kier molecular flexibility index (Phi) is 5.05. The zero-order valence-electron chi connectivity index (χ0n) is 12.5. The number of hydrogen-bond acceptors (Lipinski definition) is 2. The van der Waals surface area contributed by atoms with Crippen LogP contribution in [0.4, 0.5) is 14.5 Å². The maximum atomic E-state index is 13.7. The maximum absolute atomic E-state index is 13.7. The van der Waals surface area contributed by atoms with Crippen LogP contribution in [0.1, 0.15) is 27.9 Å². The second-order valence-corrected chi connectivity index (χ2v) is 5.17. The molecule has 0 heterocycles. The van der Waals surface area contributed by atoms with E-state index < -0.39 is 11.7 Å². The lowest BCUT2D eigenvalue weighted by atomic mass is 10.1. The van der Waals surface area contributed by atoms with Gasteiger partial charge in [0.25, 0.3) is 0 Å². The van der Waals surface area contributed by atoms with Crippen LogP contribution in [0.2, 0.25) is 0 Å². The van der Waals surface area contributed by atoms with Crippen LogP contribution in [0.25, 0.3) is 0 Å². The first kappa shape index (κ1) is 16.6. The molecule has 0 radical (unpaired) electrons. The second-order valence-electron chi connectivity index (χ2n) is 5.17. The molecule has 2 rings (SSSR count). The van der Waals surface area contributed by atoms with Crippen molar-refractivity contribution in [3.05, 3.63) is 64.7 Å². The summed E-state index contributed by atoms with van der Waals surface area (Å²) in [5.74, 6) is -2.13. The van der Waals surface area contributed by atoms with E-state index in [4.69, 9.17) is 5.73 Å². The molecule has 4 nitrogen and oxygen atoms in total. The van der Waals surface area contributed by atoms with Gasteiger partial charge in [0, 0.05) is 23.2 Å². The molecule has 2 amide bonds. The smallest absolute Gasteiger partial charge is 0.248 e. The molecule has 0 saturated heterocycles. The molecule has 0 aliphatic carbocycles. The normalized spacial score (nSPS) is 10.4. The van der Waals surface area contributed by atoms with Crippen molar-refractivity contribution in [2.45, 2.75) is 19.8 Å². The molecule has 0 fully saturated rings. The number of carbonyl (C=O) groups excluding carboxylic acids is 2. The number of primary amides is 1. The zero-order valence-corrected chi connectivity index (χ0v) is 12.5. The summed E-state index contributed by atoms with van der Waals surface area (Å²) >= 11 is 0. The summed E-state index contributed by atoms with van der Waals surface area (Å²) in [4.78, 5) is 23.1. The number of aryl methyl sites for hydroxylation is 1. The summed E-state index contributed by atoms with van der Waals surface area (Å²) in [6.45, 7) is 1.49. The van der Waals surface area contributed by atoms with E-state index in [9.17, 15) is 18.4 Å². The minimum absolute atomic E-state index is 0.0199. The molecule has 2 aromatic rings. The molecule has 0 unspecified atom stereocenters. The lowest BCUT2D eigenvalue weighted by Crippen LogP contribution is -2.16. The number of carbonyl (C=O) groups is 2. The highest BCUT2D eigenvalue weighted by Crippen LogP contribution is 2.21. The van der Waals surface area contributed by atoms with Crippen LogP contribution in [-0.4, -0.2) is 11.8 Å². The average molecular weight is 318 g/mol. The lowest BCUT2D eigenvalue weighted by Gasteiger charge is -2.11. The van der Waals surface area contributed by atoms with Gasteiger partial charge in [-0.2, -0.15) is 0 Å². The topological polar surface area (TPSA) is 72.2 Å². The minimum Gasteiger partial charge on any atom is -0.366 e. The molecule has 0 aliphatic heterocycles. The van der Waals surface area contributed by atoms with E-state index in [0.717, 1.165) is 6.07 Å². The molecule has 0 saturated carbocycles. The maximum Gasteiger partial charge on any atom is 0.248 e. The Morgan fingerprint density at radius 1 is 1.17 bits per heavy atom. The predicted octanol–water partition coefficient (Wildman–Crippen LogP) is 2.94. The van der Waals surface area contributed by atoms with E-state index in [2.05, 4.69) is 5.32 Å². The molecule has 120 valence electrons. The van der Waals surface area contributed by atoms with Crippen LogP contribution in [-0.2, 0) is 11.2 Å². The third kappa shape index (κ3) is 4.35. The molecule has 0 aliphatic rings. The molecule has 3 N–H and O–H groups in total. The molecule has 0 aromatic heterocycles. The van der Waals surface area contributed by atoms with Crippen LogP contribution in [0, 0.1) is 18.6 Å². The van der Waals surface area contributed by atoms with Crippen LogP contribution >= 0.6 is 0 Å². The zero-order chi connectivity index (χ0) is 17.0. The Hall–Kier alpha value is -2.76. The molecule has 6 heteroatoms. The number of benzene rings is 2. The first-order valence-electron chi connectivity index (χ1n) is 7.01. The summed E-state index contributed by atoms with van der Waals surface area (Å²) in [6.07, 6.45) is 0.450. The van der Waals surface area contributed by atoms with Gasteiger partial charge in [-0.05, 0) is 43.2 Å². The summed E-state index contributed by atoms with van der Waals surface area (Å²) in [7, 11) is 0. The summed E-state index contributed by atoms with van der Waals surface area (Å²) in [5.41, 5.74) is 6.21. The number of halogens is 2. The fourth-order valence-electron chi connectivity index (χ4n) is 2.11. The Bertz CT molecular complexity index is 760. The molecule has 0 bridgehead atoms. The van der Waals surface area contributed by atoms with Gasteiger partial charge in [0.15, 0.2) is 0 Å². The summed E-state index contributed by atoms with van der Waals surface area (Å²) < 4.78 is 26.8. The molecule has 0 spiro atoms. The van der Waals surface area contributed by atoms with Gasteiger partial charge in [-0.3, -0.25) is 9.59 Å². The van der Waals surface area contributed by atoms with Crippen LogP contribution < -0.4 is 11.1 Å². The van der Waals surface area contributed by atoms with Gasteiger partial charge in [0.05, 0.1) is 0 Å². The van der Waals surface area contributed by atoms with Crippen molar-refractivity contribution in [2.75, 3.05) is 5.32 Å². The second kappa shape index (κ2) is 7.00. The first-order chi connectivity index (χ1) is 10.9. The number of anilines is 1. The van der Waals surface area contributed by atoms with E-state index in [1.54, 1.807) is 12.1 Å². The van der Waals surface area contributed by atoms with E-state index in [0.29, 0.717) is 12.0 Å². The van der Waals surface area contributed by atoms with Crippen molar-refractivity contribution >= 4 is 17.5 Å². The van der Waals surface area contributed by atoms with E-state index in [1.807, 2.05) is 0 Å². The van der Waals surface area contributed by atoms with Gasteiger partial charge >= 0.3 is 0 Å². The van der Waals surface area contributed by atoms with Crippen LogP contribution in [0.3, 0.4) is 0 Å². The van der Waals surface area contributed by atoms with E-state index in [-0.39, 0.29) is 35.0 Å². The Balaban J connectivity index is 2.06. The van der Waals surface area contributed by atoms with Crippen molar-refractivity contribution in [1.29, 1.82) is 0 Å². The van der Waals surface area contributed by atoms with Crippen molar-refractivity contribution in [3.8, 4) is 0 Å². The number of hydrogen-bond donors (Lipinski definition) is 2. The Labute approximate surface area is 132 Å². The monoisotopic (exact) mass is 318 g/mol. The van der Waals surface area contributed by atoms with Gasteiger partial charge in [0.1, 0.15) is 11.6 Å². The number of nitrogens with two attached hydrogens (primary N) is 1. The molecule has 0 atom stereocenters. The van der Waals surface area contributed by atoms with Gasteiger partial charge < -0.3 is 11.1 Å². The van der Waals surface area contributed by atoms with Crippen molar-refractivity contribution < 1.29 is 18.4 Å². The predicted molar refractivity (Wildman–Crippen MR) is 83.0 cm³/mol.